The summed E-state index contributed by atoms with van der Waals surface area (Å²) < 4.78 is 12.8. The van der Waals surface area contributed by atoms with Crippen LogP contribution in [0.15, 0.2) is 18.2 Å². The largest absolute Gasteiger partial charge is 0.485 e. The summed E-state index contributed by atoms with van der Waals surface area (Å²) in [5, 5.41) is 7.99. The van der Waals surface area contributed by atoms with E-state index in [1.165, 1.54) is 11.1 Å². The second kappa shape index (κ2) is 5.94. The van der Waals surface area contributed by atoms with E-state index in [2.05, 4.69) is 49.2 Å². The molecule has 0 aliphatic carbocycles. The van der Waals surface area contributed by atoms with Gasteiger partial charge in [-0.15, -0.1) is 5.10 Å². The Labute approximate surface area is 119 Å². The van der Waals surface area contributed by atoms with Crippen LogP contribution in [0, 0.1) is 6.92 Å². The van der Waals surface area contributed by atoms with Crippen LogP contribution in [-0.2, 0) is 13.7 Å². The Morgan fingerprint density at radius 1 is 1.25 bits per heavy atom. The van der Waals surface area contributed by atoms with Crippen LogP contribution in [0.3, 0.4) is 0 Å². The maximum absolute atomic E-state index is 5.93. The third-order valence-electron chi connectivity index (χ3n) is 3.26. The average Bonchev–Trinajstić information content (AvgIpc) is 2.76. The molecule has 0 bridgehead atoms. The quantitative estimate of drug-likeness (QED) is 0.842. The van der Waals surface area contributed by atoms with E-state index in [-0.39, 0.29) is 0 Å². The highest BCUT2D eigenvalue weighted by Gasteiger charge is 2.12. The van der Waals surface area contributed by atoms with Crippen LogP contribution in [-0.4, -0.2) is 21.9 Å². The van der Waals surface area contributed by atoms with Gasteiger partial charge in [0.1, 0.15) is 12.4 Å². The molecule has 2 rings (SSSR count). The normalized spacial score (nSPS) is 10.9. The number of aryl methyl sites for hydroxylation is 1. The molecule has 2 aromatic rings. The van der Waals surface area contributed by atoms with E-state index in [0.29, 0.717) is 18.5 Å². The molecule has 0 aliphatic rings. The first-order chi connectivity index (χ1) is 9.52. The molecule has 0 atom stereocenters. The molecule has 0 aliphatic heterocycles. The molecule has 5 heteroatoms. The van der Waals surface area contributed by atoms with Gasteiger partial charge in [-0.25, -0.2) is 0 Å². The molecule has 1 aromatic heterocycles. The van der Waals surface area contributed by atoms with E-state index in [1.54, 1.807) is 11.7 Å². The van der Waals surface area contributed by atoms with Crippen molar-refractivity contribution in [2.24, 2.45) is 7.05 Å². The Morgan fingerprint density at radius 2 is 2.00 bits per heavy atom. The van der Waals surface area contributed by atoms with E-state index in [0.717, 1.165) is 11.6 Å². The molecule has 0 unspecified atom stereocenters. The Morgan fingerprint density at radius 3 is 2.60 bits per heavy atom. The summed E-state index contributed by atoms with van der Waals surface area (Å²) in [4.78, 5) is 0. The van der Waals surface area contributed by atoms with E-state index in [9.17, 15) is 0 Å². The molecule has 0 amide bonds. The topological polar surface area (TPSA) is 49.2 Å². The number of hydrogen-bond acceptors (Lipinski definition) is 4. The summed E-state index contributed by atoms with van der Waals surface area (Å²) in [5.41, 5.74) is 2.38. The Hall–Kier alpha value is -2.04. The highest BCUT2D eigenvalue weighted by molar-refractivity contribution is 5.39. The van der Waals surface area contributed by atoms with Gasteiger partial charge in [0.25, 0.3) is 0 Å². The van der Waals surface area contributed by atoms with Gasteiger partial charge < -0.3 is 9.47 Å². The molecule has 108 valence electrons. The minimum Gasteiger partial charge on any atom is -0.485 e. The number of methoxy groups -OCH3 is 1. The Bertz CT molecular complexity index is 591. The van der Waals surface area contributed by atoms with Crippen LogP contribution in [0.5, 0.6) is 11.8 Å². The molecule has 20 heavy (non-hydrogen) atoms. The fourth-order valence-corrected chi connectivity index (χ4v) is 2.03. The van der Waals surface area contributed by atoms with Crippen molar-refractivity contribution in [3.05, 3.63) is 35.2 Å². The first kappa shape index (κ1) is 14.4. The zero-order valence-electron chi connectivity index (χ0n) is 12.7. The van der Waals surface area contributed by atoms with Crippen molar-refractivity contribution in [2.45, 2.75) is 33.3 Å². The Kier molecular flexibility index (Phi) is 4.27. The number of benzene rings is 1. The Balaban J connectivity index is 2.18. The molecule has 0 saturated heterocycles. The highest BCUT2D eigenvalue weighted by Crippen LogP contribution is 2.28. The van der Waals surface area contributed by atoms with Gasteiger partial charge in [-0.1, -0.05) is 31.1 Å². The van der Waals surface area contributed by atoms with Crippen LogP contribution in [0.4, 0.5) is 0 Å². The number of aromatic nitrogens is 3. The van der Waals surface area contributed by atoms with Crippen molar-refractivity contribution >= 4 is 0 Å². The van der Waals surface area contributed by atoms with Crippen molar-refractivity contribution in [1.82, 2.24) is 14.8 Å². The lowest BCUT2D eigenvalue weighted by Crippen LogP contribution is -2.06. The monoisotopic (exact) mass is 275 g/mol. The van der Waals surface area contributed by atoms with Crippen molar-refractivity contribution in [2.75, 3.05) is 7.11 Å². The lowest BCUT2D eigenvalue weighted by Gasteiger charge is -2.14. The number of rotatable bonds is 5. The lowest BCUT2D eigenvalue weighted by atomic mass is 10.0. The standard InChI is InChI=1S/C15H21N3O2/c1-10(2)12-7-6-11(3)8-13(12)20-9-14-16-17-15(19-5)18(14)4/h6-8,10H,9H2,1-5H3. The molecule has 0 N–H and O–H groups in total. The number of ether oxygens (including phenoxy) is 2. The molecule has 0 saturated carbocycles. The molecule has 0 spiro atoms. The molecule has 1 aromatic carbocycles. The SMILES string of the molecule is COc1nnc(COc2cc(C)ccc2C(C)C)n1C. The maximum Gasteiger partial charge on any atom is 0.316 e. The fourth-order valence-electron chi connectivity index (χ4n) is 2.03. The van der Waals surface area contributed by atoms with Crippen molar-refractivity contribution < 1.29 is 9.47 Å². The second-order valence-corrected chi connectivity index (χ2v) is 5.15. The highest BCUT2D eigenvalue weighted by atomic mass is 16.5. The van der Waals surface area contributed by atoms with Crippen molar-refractivity contribution in [1.29, 1.82) is 0 Å². The third kappa shape index (κ3) is 2.92. The summed E-state index contributed by atoms with van der Waals surface area (Å²) in [7, 11) is 3.43. The summed E-state index contributed by atoms with van der Waals surface area (Å²) in [5.74, 6) is 2.06. The maximum atomic E-state index is 5.93. The molecular weight excluding hydrogens is 254 g/mol. The predicted molar refractivity (Wildman–Crippen MR) is 77.2 cm³/mol. The number of nitrogens with zero attached hydrogens (tertiary/aromatic N) is 3. The van der Waals surface area contributed by atoms with Crippen LogP contribution in [0.1, 0.15) is 36.7 Å². The van der Waals surface area contributed by atoms with E-state index in [1.807, 2.05) is 7.05 Å². The van der Waals surface area contributed by atoms with E-state index < -0.39 is 0 Å². The summed E-state index contributed by atoms with van der Waals surface area (Å²) in [6, 6.07) is 6.76. The smallest absolute Gasteiger partial charge is 0.316 e. The minimum absolute atomic E-state index is 0.371. The van der Waals surface area contributed by atoms with Crippen molar-refractivity contribution in [3.8, 4) is 11.8 Å². The van der Waals surface area contributed by atoms with Gasteiger partial charge >= 0.3 is 6.01 Å². The van der Waals surface area contributed by atoms with Crippen LogP contribution < -0.4 is 9.47 Å². The first-order valence-electron chi connectivity index (χ1n) is 6.68. The molecule has 0 radical (unpaired) electrons. The van der Waals surface area contributed by atoms with Gasteiger partial charge in [-0.3, -0.25) is 4.57 Å². The second-order valence-electron chi connectivity index (χ2n) is 5.15. The molecule has 1 heterocycles. The summed E-state index contributed by atoms with van der Waals surface area (Å²) >= 11 is 0. The van der Waals surface area contributed by atoms with Crippen LogP contribution in [0.2, 0.25) is 0 Å². The first-order valence-corrected chi connectivity index (χ1v) is 6.68. The van der Waals surface area contributed by atoms with Gasteiger partial charge in [0, 0.05) is 7.05 Å². The molecule has 0 fully saturated rings. The minimum atomic E-state index is 0.371. The van der Waals surface area contributed by atoms with Gasteiger partial charge in [0.05, 0.1) is 7.11 Å². The molecule has 5 nitrogen and oxygen atoms in total. The third-order valence-corrected chi connectivity index (χ3v) is 3.26. The van der Waals surface area contributed by atoms with Gasteiger partial charge in [-0.2, -0.15) is 0 Å². The average molecular weight is 275 g/mol. The van der Waals surface area contributed by atoms with E-state index >= 15 is 0 Å². The lowest BCUT2D eigenvalue weighted by molar-refractivity contribution is 0.284. The van der Waals surface area contributed by atoms with Gasteiger partial charge in [0.15, 0.2) is 5.82 Å². The molecular formula is C15H21N3O2. The zero-order valence-corrected chi connectivity index (χ0v) is 12.7. The van der Waals surface area contributed by atoms with Gasteiger partial charge in [0.2, 0.25) is 0 Å². The van der Waals surface area contributed by atoms with Crippen LogP contribution in [0.25, 0.3) is 0 Å². The zero-order chi connectivity index (χ0) is 14.7. The summed E-state index contributed by atoms with van der Waals surface area (Å²) in [6.07, 6.45) is 0. The van der Waals surface area contributed by atoms with Crippen molar-refractivity contribution in [3.63, 3.8) is 0 Å². The van der Waals surface area contributed by atoms with Crippen LogP contribution >= 0.6 is 0 Å². The summed E-state index contributed by atoms with van der Waals surface area (Å²) in [6.45, 7) is 6.74. The van der Waals surface area contributed by atoms with E-state index in [4.69, 9.17) is 9.47 Å². The fraction of sp³-hybridized carbons (Fsp3) is 0.467. The van der Waals surface area contributed by atoms with Gasteiger partial charge in [-0.05, 0) is 30.0 Å². The predicted octanol–water partition coefficient (Wildman–Crippen LogP) is 2.83. The number of hydrogen-bond donors (Lipinski definition) is 0.